The third-order valence-corrected chi connectivity index (χ3v) is 5.44. The summed E-state index contributed by atoms with van der Waals surface area (Å²) in [5, 5.41) is 12.2. The molecule has 1 atom stereocenters. The molecule has 20 heavy (non-hydrogen) atoms. The molecule has 0 aliphatic carbocycles. The number of hydrogen-bond acceptors (Lipinski definition) is 4. The summed E-state index contributed by atoms with van der Waals surface area (Å²) in [4.78, 5) is 13.6. The van der Waals surface area contributed by atoms with Crippen LogP contribution >= 0.6 is 23.1 Å². The van der Waals surface area contributed by atoms with Gasteiger partial charge in [-0.05, 0) is 30.7 Å². The number of amides is 1. The van der Waals surface area contributed by atoms with Crippen LogP contribution in [0.25, 0.3) is 0 Å². The molecule has 0 spiro atoms. The predicted molar refractivity (Wildman–Crippen MR) is 85.3 cm³/mol. The van der Waals surface area contributed by atoms with E-state index in [-0.39, 0.29) is 12.5 Å². The molecule has 1 unspecified atom stereocenters. The number of thiophene rings is 1. The second kappa shape index (κ2) is 8.35. The van der Waals surface area contributed by atoms with Crippen LogP contribution in [0.15, 0.2) is 12.1 Å². The van der Waals surface area contributed by atoms with E-state index in [1.807, 2.05) is 23.9 Å². The van der Waals surface area contributed by atoms with Gasteiger partial charge in [0, 0.05) is 18.2 Å². The van der Waals surface area contributed by atoms with Gasteiger partial charge in [-0.2, -0.15) is 11.8 Å². The van der Waals surface area contributed by atoms with Crippen LogP contribution in [0.3, 0.4) is 0 Å². The van der Waals surface area contributed by atoms with Crippen molar-refractivity contribution in [1.82, 2.24) is 5.32 Å². The lowest BCUT2D eigenvalue weighted by Crippen LogP contribution is -2.31. The van der Waals surface area contributed by atoms with E-state index in [2.05, 4.69) is 17.2 Å². The molecule has 1 saturated heterocycles. The SMILES string of the molecule is O=C(NCC1CCCCS1)c1ccc(C#CCCO)s1. The Balaban J connectivity index is 1.81. The van der Waals surface area contributed by atoms with Gasteiger partial charge in [0.2, 0.25) is 0 Å². The lowest BCUT2D eigenvalue weighted by Gasteiger charge is -2.21. The molecule has 2 N–H and O–H groups in total. The third-order valence-electron chi connectivity index (χ3n) is 3.04. The number of hydrogen-bond donors (Lipinski definition) is 2. The highest BCUT2D eigenvalue weighted by Crippen LogP contribution is 2.24. The molecule has 0 saturated carbocycles. The van der Waals surface area contributed by atoms with Gasteiger partial charge in [-0.25, -0.2) is 0 Å². The van der Waals surface area contributed by atoms with Crippen molar-refractivity contribution in [3.8, 4) is 11.8 Å². The molecule has 0 bridgehead atoms. The van der Waals surface area contributed by atoms with Gasteiger partial charge < -0.3 is 10.4 Å². The molecular formula is C15H19NO2S2. The molecule has 1 aromatic rings. The smallest absolute Gasteiger partial charge is 0.261 e. The van der Waals surface area contributed by atoms with Gasteiger partial charge in [0.25, 0.3) is 5.91 Å². The van der Waals surface area contributed by atoms with Gasteiger partial charge >= 0.3 is 0 Å². The minimum atomic E-state index is -0.00335. The summed E-state index contributed by atoms with van der Waals surface area (Å²) in [7, 11) is 0. The summed E-state index contributed by atoms with van der Waals surface area (Å²) in [6, 6.07) is 3.68. The first-order chi connectivity index (χ1) is 9.79. The van der Waals surface area contributed by atoms with Crippen molar-refractivity contribution < 1.29 is 9.90 Å². The Hall–Kier alpha value is -0.960. The Morgan fingerprint density at radius 1 is 1.45 bits per heavy atom. The van der Waals surface area contributed by atoms with Gasteiger partial charge in [-0.1, -0.05) is 18.3 Å². The Labute approximate surface area is 128 Å². The van der Waals surface area contributed by atoms with Crippen molar-refractivity contribution >= 4 is 29.0 Å². The van der Waals surface area contributed by atoms with Crippen LogP contribution in [0, 0.1) is 11.8 Å². The van der Waals surface area contributed by atoms with Gasteiger partial charge in [-0.15, -0.1) is 11.3 Å². The summed E-state index contributed by atoms with van der Waals surface area (Å²) < 4.78 is 0. The summed E-state index contributed by atoms with van der Waals surface area (Å²) in [5.41, 5.74) is 0. The molecule has 3 nitrogen and oxygen atoms in total. The average Bonchev–Trinajstić information content (AvgIpc) is 2.95. The zero-order valence-corrected chi connectivity index (χ0v) is 13.0. The monoisotopic (exact) mass is 309 g/mol. The summed E-state index contributed by atoms with van der Waals surface area (Å²) in [6.07, 6.45) is 4.25. The second-order valence-electron chi connectivity index (χ2n) is 4.64. The van der Waals surface area contributed by atoms with Gasteiger partial charge in [0.15, 0.2) is 0 Å². The molecule has 5 heteroatoms. The fourth-order valence-electron chi connectivity index (χ4n) is 1.99. The van der Waals surface area contributed by atoms with Crippen LogP contribution in [0.2, 0.25) is 0 Å². The first-order valence-corrected chi connectivity index (χ1v) is 8.75. The number of carbonyl (C=O) groups is 1. The molecule has 1 aliphatic heterocycles. The van der Waals surface area contributed by atoms with E-state index >= 15 is 0 Å². The Morgan fingerprint density at radius 2 is 2.35 bits per heavy atom. The van der Waals surface area contributed by atoms with E-state index in [9.17, 15) is 4.79 Å². The van der Waals surface area contributed by atoms with Crippen LogP contribution < -0.4 is 5.32 Å². The maximum Gasteiger partial charge on any atom is 0.261 e. The Bertz CT molecular complexity index is 495. The maximum atomic E-state index is 12.0. The van der Waals surface area contributed by atoms with Crippen LogP contribution in [-0.2, 0) is 0 Å². The van der Waals surface area contributed by atoms with E-state index in [0.29, 0.717) is 16.5 Å². The Morgan fingerprint density at radius 3 is 3.10 bits per heavy atom. The summed E-state index contributed by atoms with van der Waals surface area (Å²) in [6.45, 7) is 0.831. The number of aliphatic hydroxyl groups excluding tert-OH is 1. The minimum Gasteiger partial charge on any atom is -0.395 e. The molecule has 1 aliphatic rings. The maximum absolute atomic E-state index is 12.0. The average molecular weight is 309 g/mol. The summed E-state index contributed by atoms with van der Waals surface area (Å²) in [5.74, 6) is 7.02. The van der Waals surface area contributed by atoms with E-state index < -0.39 is 0 Å². The zero-order chi connectivity index (χ0) is 14.2. The van der Waals surface area contributed by atoms with Crippen LogP contribution in [-0.4, -0.2) is 35.2 Å². The van der Waals surface area contributed by atoms with E-state index in [1.54, 1.807) is 0 Å². The molecule has 2 heterocycles. The fourth-order valence-corrected chi connectivity index (χ4v) is 4.03. The molecule has 0 aromatic carbocycles. The lowest BCUT2D eigenvalue weighted by atomic mass is 10.2. The van der Waals surface area contributed by atoms with E-state index in [4.69, 9.17) is 5.11 Å². The number of carbonyl (C=O) groups excluding carboxylic acids is 1. The van der Waals surface area contributed by atoms with Crippen molar-refractivity contribution in [2.75, 3.05) is 18.9 Å². The number of aliphatic hydroxyl groups is 1. The highest BCUT2D eigenvalue weighted by atomic mass is 32.2. The van der Waals surface area contributed by atoms with Gasteiger partial charge in [0.05, 0.1) is 16.4 Å². The number of nitrogens with one attached hydrogen (secondary N) is 1. The molecule has 108 valence electrons. The quantitative estimate of drug-likeness (QED) is 0.840. The number of rotatable bonds is 4. The Kier molecular flexibility index (Phi) is 6.44. The highest BCUT2D eigenvalue weighted by molar-refractivity contribution is 7.99. The van der Waals surface area contributed by atoms with E-state index in [0.717, 1.165) is 11.4 Å². The molecule has 1 aromatic heterocycles. The van der Waals surface area contributed by atoms with Crippen LogP contribution in [0.1, 0.15) is 40.2 Å². The number of thioether (sulfide) groups is 1. The van der Waals surface area contributed by atoms with E-state index in [1.165, 1.54) is 36.4 Å². The second-order valence-corrected chi connectivity index (χ2v) is 7.13. The minimum absolute atomic E-state index is 0.00335. The normalized spacial score (nSPS) is 18.1. The van der Waals surface area contributed by atoms with Crippen molar-refractivity contribution in [2.24, 2.45) is 0 Å². The van der Waals surface area contributed by atoms with Crippen molar-refractivity contribution in [1.29, 1.82) is 0 Å². The third kappa shape index (κ3) is 4.86. The highest BCUT2D eigenvalue weighted by Gasteiger charge is 2.15. The van der Waals surface area contributed by atoms with Gasteiger partial charge in [0.1, 0.15) is 0 Å². The van der Waals surface area contributed by atoms with Gasteiger partial charge in [-0.3, -0.25) is 4.79 Å². The molecule has 0 radical (unpaired) electrons. The van der Waals surface area contributed by atoms with Crippen LogP contribution in [0.4, 0.5) is 0 Å². The lowest BCUT2D eigenvalue weighted by molar-refractivity contribution is 0.0957. The first kappa shape index (κ1) is 15.4. The topological polar surface area (TPSA) is 49.3 Å². The largest absolute Gasteiger partial charge is 0.395 e. The molecule has 2 rings (SSSR count). The molecular weight excluding hydrogens is 290 g/mol. The molecule has 1 fully saturated rings. The zero-order valence-electron chi connectivity index (χ0n) is 11.4. The van der Waals surface area contributed by atoms with Crippen molar-refractivity contribution in [3.05, 3.63) is 21.9 Å². The van der Waals surface area contributed by atoms with Crippen LogP contribution in [0.5, 0.6) is 0 Å². The first-order valence-electron chi connectivity index (χ1n) is 6.89. The van der Waals surface area contributed by atoms with Crippen molar-refractivity contribution in [3.63, 3.8) is 0 Å². The predicted octanol–water partition coefficient (Wildman–Crippen LogP) is 2.50. The summed E-state index contributed by atoms with van der Waals surface area (Å²) >= 11 is 3.37. The molecule has 1 amide bonds. The van der Waals surface area contributed by atoms with Crippen molar-refractivity contribution in [2.45, 2.75) is 30.9 Å². The fraction of sp³-hybridized carbons (Fsp3) is 0.533. The standard InChI is InChI=1S/C15H19NO2S2/c17-9-3-1-5-12-7-8-14(20-12)15(18)16-11-13-6-2-4-10-19-13/h7-8,13,17H,2-4,6,9-11H2,(H,16,18).